The molecular weight excluding hydrogens is 522 g/mol. The molecule has 12 heteroatoms. The zero-order chi connectivity index (χ0) is 26.3. The van der Waals surface area contributed by atoms with E-state index >= 15 is 0 Å². The zero-order valence-corrected chi connectivity index (χ0v) is 22.7. The van der Waals surface area contributed by atoms with Crippen molar-refractivity contribution in [3.05, 3.63) is 71.4 Å². The van der Waals surface area contributed by atoms with Crippen LogP contribution in [0.3, 0.4) is 0 Å². The number of aromatic nitrogens is 6. The Morgan fingerprint density at radius 2 is 1.89 bits per heavy atom. The Bertz CT molecular complexity index is 1400. The van der Waals surface area contributed by atoms with Gasteiger partial charge in [0.1, 0.15) is 16.8 Å². The average molecular weight is 550 g/mol. The molecule has 1 aliphatic heterocycles. The molecule has 2 aromatic heterocycles. The number of benzene rings is 2. The molecule has 1 unspecified atom stereocenters. The van der Waals surface area contributed by atoms with E-state index in [1.807, 2.05) is 54.6 Å². The van der Waals surface area contributed by atoms with Crippen molar-refractivity contribution in [3.8, 4) is 16.3 Å². The summed E-state index contributed by atoms with van der Waals surface area (Å²) in [6, 6.07) is 17.0. The normalized spacial score (nSPS) is 14.6. The third kappa shape index (κ3) is 5.70. The van der Waals surface area contributed by atoms with Gasteiger partial charge in [0.15, 0.2) is 4.34 Å². The van der Waals surface area contributed by atoms with Crippen LogP contribution in [0.1, 0.15) is 37.8 Å². The summed E-state index contributed by atoms with van der Waals surface area (Å²) in [7, 11) is 1.37. The van der Waals surface area contributed by atoms with Gasteiger partial charge in [0.2, 0.25) is 5.95 Å². The Balaban J connectivity index is 1.40. The second-order valence-electron chi connectivity index (χ2n) is 8.51. The highest BCUT2D eigenvalue weighted by Crippen LogP contribution is 2.38. The fraction of sp³-hybridized carbons (Fsp3) is 0.308. The average Bonchev–Trinajstić information content (AvgIpc) is 3.64. The third-order valence-electron chi connectivity index (χ3n) is 5.98. The lowest BCUT2D eigenvalue weighted by molar-refractivity contribution is -0.136. The van der Waals surface area contributed by atoms with Crippen molar-refractivity contribution < 1.29 is 14.3 Å². The molecule has 0 spiro atoms. The van der Waals surface area contributed by atoms with Crippen LogP contribution in [0, 0.1) is 0 Å². The minimum Gasteiger partial charge on any atom is -0.494 e. The minimum atomic E-state index is -0.562. The molecule has 0 bridgehead atoms. The Morgan fingerprint density at radius 3 is 2.66 bits per heavy atom. The summed E-state index contributed by atoms with van der Waals surface area (Å²) in [5, 5.41) is 24.8. The number of unbranched alkanes of at least 4 members (excludes halogenated alkanes) is 2. The van der Waals surface area contributed by atoms with E-state index in [0.717, 1.165) is 45.5 Å². The van der Waals surface area contributed by atoms with Gasteiger partial charge in [-0.05, 0) is 34.5 Å². The van der Waals surface area contributed by atoms with Gasteiger partial charge in [-0.25, -0.2) is 4.79 Å². The number of hydrogen-bond acceptors (Lipinski definition) is 11. The number of carbonyl (C=O) groups is 1. The first kappa shape index (κ1) is 25.9. The molecule has 10 nitrogen and oxygen atoms in total. The molecule has 0 aliphatic carbocycles. The van der Waals surface area contributed by atoms with E-state index in [1.54, 1.807) is 4.68 Å². The first-order valence-corrected chi connectivity index (χ1v) is 14.1. The van der Waals surface area contributed by atoms with Crippen LogP contribution in [0.2, 0.25) is 0 Å². The van der Waals surface area contributed by atoms with E-state index in [1.165, 1.54) is 30.2 Å². The van der Waals surface area contributed by atoms with Crippen LogP contribution in [0.15, 0.2) is 70.2 Å². The first-order valence-electron chi connectivity index (χ1n) is 12.3. The predicted octanol–water partition coefficient (Wildman–Crippen LogP) is 4.99. The van der Waals surface area contributed by atoms with Gasteiger partial charge in [0.25, 0.3) is 0 Å². The maximum absolute atomic E-state index is 13.1. The summed E-state index contributed by atoms with van der Waals surface area (Å²) in [4.78, 5) is 13.1. The summed E-state index contributed by atoms with van der Waals surface area (Å²) in [5.74, 6) is 1.19. The summed E-state index contributed by atoms with van der Waals surface area (Å²) in [6.45, 7) is 2.83. The molecule has 3 heterocycles. The molecule has 0 saturated carbocycles. The van der Waals surface area contributed by atoms with Crippen LogP contribution in [0.4, 0.5) is 5.95 Å². The minimum absolute atomic E-state index is 0.426. The molecule has 4 aromatic rings. The molecule has 2 aromatic carbocycles. The van der Waals surface area contributed by atoms with Crippen LogP contribution in [-0.4, -0.2) is 55.8 Å². The van der Waals surface area contributed by atoms with E-state index in [0.29, 0.717) is 29.6 Å². The highest BCUT2D eigenvalue weighted by atomic mass is 32.2. The third-order valence-corrected chi connectivity index (χ3v) is 8.12. The van der Waals surface area contributed by atoms with Gasteiger partial charge in [0, 0.05) is 17.0 Å². The Hall–Kier alpha value is -3.77. The fourth-order valence-corrected chi connectivity index (χ4v) is 5.92. The zero-order valence-electron chi connectivity index (χ0n) is 21.0. The van der Waals surface area contributed by atoms with Crippen molar-refractivity contribution in [2.45, 2.75) is 36.6 Å². The summed E-state index contributed by atoms with van der Waals surface area (Å²) >= 11 is 2.98. The number of hydrogen-bond donors (Lipinski definition) is 1. The number of esters is 1. The Morgan fingerprint density at radius 1 is 1.08 bits per heavy atom. The highest BCUT2D eigenvalue weighted by molar-refractivity contribution is 8.01. The number of rotatable bonds is 11. The molecule has 38 heavy (non-hydrogen) atoms. The smallest absolute Gasteiger partial charge is 0.338 e. The first-order chi connectivity index (χ1) is 18.7. The largest absolute Gasteiger partial charge is 0.494 e. The number of fused-ring (bicyclic) bond motifs is 1. The van der Waals surface area contributed by atoms with Crippen LogP contribution in [-0.2, 0) is 9.53 Å². The number of thioether (sulfide) groups is 1. The van der Waals surface area contributed by atoms with Crippen molar-refractivity contribution in [3.63, 3.8) is 0 Å². The molecule has 1 atom stereocenters. The van der Waals surface area contributed by atoms with Crippen LogP contribution < -0.4 is 10.1 Å². The molecule has 0 radical (unpaired) electrons. The van der Waals surface area contributed by atoms with Crippen molar-refractivity contribution >= 4 is 35.0 Å². The Labute approximate surface area is 228 Å². The lowest BCUT2D eigenvalue weighted by Crippen LogP contribution is -2.30. The lowest BCUT2D eigenvalue weighted by Gasteiger charge is -2.28. The fourth-order valence-electron chi connectivity index (χ4n) is 4.09. The maximum atomic E-state index is 13.1. The van der Waals surface area contributed by atoms with Crippen molar-refractivity contribution in [1.82, 2.24) is 30.4 Å². The van der Waals surface area contributed by atoms with E-state index in [-0.39, 0.29) is 0 Å². The molecule has 0 saturated heterocycles. The maximum Gasteiger partial charge on any atom is 0.338 e. The summed E-state index contributed by atoms with van der Waals surface area (Å²) < 4.78 is 13.4. The molecule has 5 rings (SSSR count). The van der Waals surface area contributed by atoms with Crippen LogP contribution in [0.5, 0.6) is 5.75 Å². The van der Waals surface area contributed by atoms with Crippen molar-refractivity contribution in [2.75, 3.05) is 24.8 Å². The molecule has 196 valence electrons. The monoisotopic (exact) mass is 549 g/mol. The van der Waals surface area contributed by atoms with Gasteiger partial charge in [-0.15, -0.1) is 10.2 Å². The highest BCUT2D eigenvalue weighted by Gasteiger charge is 2.36. The predicted molar refractivity (Wildman–Crippen MR) is 146 cm³/mol. The number of anilines is 1. The van der Waals surface area contributed by atoms with Crippen molar-refractivity contribution in [1.29, 1.82) is 0 Å². The van der Waals surface area contributed by atoms with E-state index in [4.69, 9.17) is 9.47 Å². The molecule has 1 N–H and O–H groups in total. The van der Waals surface area contributed by atoms with E-state index in [9.17, 15) is 4.79 Å². The van der Waals surface area contributed by atoms with Gasteiger partial charge in [-0.1, -0.05) is 90.4 Å². The molecular formula is C26H27N7O3S2. The summed E-state index contributed by atoms with van der Waals surface area (Å²) in [6.07, 6.45) is 3.29. The molecule has 0 amide bonds. The van der Waals surface area contributed by atoms with Gasteiger partial charge >= 0.3 is 5.97 Å². The van der Waals surface area contributed by atoms with Crippen molar-refractivity contribution in [2.24, 2.45) is 0 Å². The SMILES string of the molecule is CCCCCOc1ccc(C2C(C(=O)OC)=C(CSc3nnc(-c4ccccc4)s3)Nc3nnnn32)cc1. The second-order valence-corrected chi connectivity index (χ2v) is 10.7. The number of nitrogens with one attached hydrogen (secondary N) is 1. The number of methoxy groups -OCH3 is 1. The van der Waals surface area contributed by atoms with E-state index in [2.05, 4.69) is 38.0 Å². The molecule has 0 fully saturated rings. The van der Waals surface area contributed by atoms with Gasteiger partial charge in [0.05, 0.1) is 19.3 Å². The van der Waals surface area contributed by atoms with Crippen LogP contribution in [0.25, 0.3) is 10.6 Å². The van der Waals surface area contributed by atoms with Gasteiger partial charge in [-0.3, -0.25) is 0 Å². The number of ether oxygens (including phenoxy) is 2. The topological polar surface area (TPSA) is 117 Å². The number of nitrogens with zero attached hydrogens (tertiary/aromatic N) is 6. The van der Waals surface area contributed by atoms with E-state index < -0.39 is 12.0 Å². The number of tetrazole rings is 1. The molecule has 1 aliphatic rings. The Kier molecular flexibility index (Phi) is 8.29. The standard InChI is InChI=1S/C26H27N7O3S2/c1-3-4-8-15-36-19-13-11-17(12-14-19)22-21(24(34)35-2)20(27-25-29-31-32-33(22)25)16-37-26-30-28-23(38-26)18-9-6-5-7-10-18/h5-7,9-14,22H,3-4,8,15-16H2,1-2H3,(H,27,29,32). The lowest BCUT2D eigenvalue weighted by atomic mass is 9.95. The van der Waals surface area contributed by atoms with Gasteiger partial charge in [-0.2, -0.15) is 4.68 Å². The van der Waals surface area contributed by atoms with Gasteiger partial charge < -0.3 is 14.8 Å². The summed E-state index contributed by atoms with van der Waals surface area (Å²) in [5.41, 5.74) is 2.94. The number of carbonyl (C=O) groups excluding carboxylic acids is 1. The quantitative estimate of drug-likeness (QED) is 0.156. The second kappa shape index (κ2) is 12.2. The van der Waals surface area contributed by atoms with Crippen LogP contribution >= 0.6 is 23.1 Å².